The molecule has 66 valence electrons. The van der Waals surface area contributed by atoms with E-state index in [4.69, 9.17) is 6.42 Å². The van der Waals surface area contributed by atoms with E-state index in [1.807, 2.05) is 6.08 Å². The molecule has 0 aliphatic carbocycles. The third-order valence-electron chi connectivity index (χ3n) is 1.83. The van der Waals surface area contributed by atoms with Gasteiger partial charge in [-0.1, -0.05) is 45.3 Å². The monoisotopic (exact) mass is 162 g/mol. The lowest BCUT2D eigenvalue weighted by Crippen LogP contribution is -1.87. The van der Waals surface area contributed by atoms with Crippen molar-refractivity contribution in [1.82, 2.24) is 0 Å². The van der Waals surface area contributed by atoms with Gasteiger partial charge in [0.1, 0.15) is 0 Å². The summed E-state index contributed by atoms with van der Waals surface area (Å²) >= 11 is 0. The summed E-state index contributed by atoms with van der Waals surface area (Å²) in [6, 6.07) is 0. The van der Waals surface area contributed by atoms with E-state index in [1.165, 1.54) is 5.57 Å². The van der Waals surface area contributed by atoms with Crippen LogP contribution >= 0.6 is 0 Å². The standard InChI is InChI=1S/C12H18/c1-5-9-11(7-3)12(8-4)10-6-2/h3,8H,4-6,9-10H2,1-2H3. The van der Waals surface area contributed by atoms with Crippen molar-refractivity contribution in [2.45, 2.75) is 39.5 Å². The molecule has 0 spiro atoms. The highest BCUT2D eigenvalue weighted by Gasteiger charge is 1.98. The van der Waals surface area contributed by atoms with Crippen molar-refractivity contribution in [3.8, 4) is 12.3 Å². The molecule has 0 radical (unpaired) electrons. The van der Waals surface area contributed by atoms with Gasteiger partial charge in [0.15, 0.2) is 0 Å². The third-order valence-corrected chi connectivity index (χ3v) is 1.83. The minimum absolute atomic E-state index is 1.01. The first-order chi connectivity index (χ1) is 5.79. The fourth-order valence-corrected chi connectivity index (χ4v) is 1.22. The summed E-state index contributed by atoms with van der Waals surface area (Å²) in [5.74, 6) is 2.75. The number of hydrogen-bond acceptors (Lipinski definition) is 0. The van der Waals surface area contributed by atoms with E-state index < -0.39 is 0 Å². The summed E-state index contributed by atoms with van der Waals surface area (Å²) in [5.41, 5.74) is 2.39. The fraction of sp³-hybridized carbons (Fsp3) is 0.500. The smallest absolute Gasteiger partial charge is 0.00492 e. The Morgan fingerprint density at radius 2 is 1.92 bits per heavy atom. The van der Waals surface area contributed by atoms with Crippen LogP contribution in [0.2, 0.25) is 0 Å². The van der Waals surface area contributed by atoms with Gasteiger partial charge in [-0.3, -0.25) is 0 Å². The molecular weight excluding hydrogens is 144 g/mol. The van der Waals surface area contributed by atoms with E-state index in [-0.39, 0.29) is 0 Å². The zero-order valence-electron chi connectivity index (χ0n) is 8.19. The fourth-order valence-electron chi connectivity index (χ4n) is 1.22. The van der Waals surface area contributed by atoms with E-state index in [0.717, 1.165) is 31.3 Å². The molecule has 0 saturated carbocycles. The lowest BCUT2D eigenvalue weighted by molar-refractivity contribution is 0.875. The predicted octanol–water partition coefficient (Wildman–Crippen LogP) is 3.70. The van der Waals surface area contributed by atoms with Crippen LogP contribution < -0.4 is 0 Å². The highest BCUT2D eigenvalue weighted by Crippen LogP contribution is 2.15. The van der Waals surface area contributed by atoms with Crippen LogP contribution in [-0.2, 0) is 0 Å². The van der Waals surface area contributed by atoms with Crippen LogP contribution in [0, 0.1) is 12.3 Å². The van der Waals surface area contributed by atoms with E-state index in [9.17, 15) is 0 Å². The Labute approximate surface area is 76.4 Å². The molecule has 0 aromatic heterocycles. The Bertz CT molecular complexity index is 201. The highest BCUT2D eigenvalue weighted by atomic mass is 14.0. The molecule has 0 atom stereocenters. The number of rotatable bonds is 5. The van der Waals surface area contributed by atoms with Crippen LogP contribution in [-0.4, -0.2) is 0 Å². The molecule has 0 heterocycles. The van der Waals surface area contributed by atoms with Crippen molar-refractivity contribution in [2.24, 2.45) is 0 Å². The van der Waals surface area contributed by atoms with Gasteiger partial charge in [0.2, 0.25) is 0 Å². The van der Waals surface area contributed by atoms with Gasteiger partial charge >= 0.3 is 0 Å². The van der Waals surface area contributed by atoms with Gasteiger partial charge in [-0.05, 0) is 18.4 Å². The first-order valence-corrected chi connectivity index (χ1v) is 4.61. The van der Waals surface area contributed by atoms with Gasteiger partial charge in [0.05, 0.1) is 0 Å². The maximum Gasteiger partial charge on any atom is 0.00492 e. The first-order valence-electron chi connectivity index (χ1n) is 4.61. The molecular formula is C12H18. The van der Waals surface area contributed by atoms with E-state index >= 15 is 0 Å². The molecule has 0 aromatic carbocycles. The Hall–Kier alpha value is -0.960. The Morgan fingerprint density at radius 3 is 2.25 bits per heavy atom. The van der Waals surface area contributed by atoms with Crippen molar-refractivity contribution >= 4 is 0 Å². The second-order valence-electron chi connectivity index (χ2n) is 2.85. The minimum atomic E-state index is 1.01. The van der Waals surface area contributed by atoms with Crippen LogP contribution in [0.15, 0.2) is 23.8 Å². The van der Waals surface area contributed by atoms with Gasteiger partial charge in [-0.15, -0.1) is 6.42 Å². The first kappa shape index (κ1) is 11.0. The maximum atomic E-state index is 5.41. The van der Waals surface area contributed by atoms with Crippen molar-refractivity contribution in [2.75, 3.05) is 0 Å². The number of allylic oxidation sites excluding steroid dienone is 3. The normalized spacial score (nSPS) is 11.8. The zero-order valence-corrected chi connectivity index (χ0v) is 8.19. The van der Waals surface area contributed by atoms with Crippen molar-refractivity contribution in [3.63, 3.8) is 0 Å². The highest BCUT2D eigenvalue weighted by molar-refractivity contribution is 5.36. The lowest BCUT2D eigenvalue weighted by Gasteiger charge is -2.04. The molecule has 0 saturated heterocycles. The maximum absolute atomic E-state index is 5.41. The van der Waals surface area contributed by atoms with Crippen LogP contribution in [0.4, 0.5) is 0 Å². The Balaban J connectivity index is 4.52. The second-order valence-corrected chi connectivity index (χ2v) is 2.85. The van der Waals surface area contributed by atoms with Crippen LogP contribution in [0.1, 0.15) is 39.5 Å². The van der Waals surface area contributed by atoms with Gasteiger partial charge in [0, 0.05) is 5.57 Å². The van der Waals surface area contributed by atoms with E-state index in [1.54, 1.807) is 0 Å². The largest absolute Gasteiger partial charge is 0.115 e. The molecule has 0 fully saturated rings. The quantitative estimate of drug-likeness (QED) is 0.427. The SMILES string of the molecule is C#CC(CCC)=C(C=C)CCC. The molecule has 0 N–H and O–H groups in total. The Kier molecular flexibility index (Phi) is 6.19. The summed E-state index contributed by atoms with van der Waals surface area (Å²) in [5, 5.41) is 0. The molecule has 0 aliphatic rings. The van der Waals surface area contributed by atoms with Crippen LogP contribution in [0.5, 0.6) is 0 Å². The average Bonchev–Trinajstić information content (AvgIpc) is 2.11. The summed E-state index contributed by atoms with van der Waals surface area (Å²) in [7, 11) is 0. The van der Waals surface area contributed by atoms with Gasteiger partial charge in [0.25, 0.3) is 0 Å². The molecule has 12 heavy (non-hydrogen) atoms. The van der Waals surface area contributed by atoms with Gasteiger partial charge in [-0.2, -0.15) is 0 Å². The van der Waals surface area contributed by atoms with Crippen molar-refractivity contribution in [1.29, 1.82) is 0 Å². The molecule has 0 rings (SSSR count). The molecule has 0 nitrogen and oxygen atoms in total. The summed E-state index contributed by atoms with van der Waals surface area (Å²) in [4.78, 5) is 0. The molecule has 0 aromatic rings. The average molecular weight is 162 g/mol. The zero-order chi connectivity index (χ0) is 9.40. The Morgan fingerprint density at radius 1 is 1.33 bits per heavy atom. The third kappa shape index (κ3) is 3.44. The predicted molar refractivity (Wildman–Crippen MR) is 55.9 cm³/mol. The number of terminal acetylenes is 1. The van der Waals surface area contributed by atoms with Crippen molar-refractivity contribution in [3.05, 3.63) is 23.8 Å². The lowest BCUT2D eigenvalue weighted by atomic mass is 10.0. The molecule has 0 aliphatic heterocycles. The van der Waals surface area contributed by atoms with Crippen LogP contribution in [0.25, 0.3) is 0 Å². The molecule has 0 unspecified atom stereocenters. The van der Waals surface area contributed by atoms with Gasteiger partial charge in [-0.25, -0.2) is 0 Å². The minimum Gasteiger partial charge on any atom is -0.115 e. The van der Waals surface area contributed by atoms with Crippen LogP contribution in [0.3, 0.4) is 0 Å². The van der Waals surface area contributed by atoms with E-state index in [0.29, 0.717) is 0 Å². The molecule has 0 heteroatoms. The molecule has 0 amide bonds. The number of hydrogen-bond donors (Lipinski definition) is 0. The summed E-state index contributed by atoms with van der Waals surface area (Å²) in [6.07, 6.45) is 11.6. The van der Waals surface area contributed by atoms with E-state index in [2.05, 4.69) is 26.3 Å². The van der Waals surface area contributed by atoms with Crippen molar-refractivity contribution < 1.29 is 0 Å². The second kappa shape index (κ2) is 6.73. The molecule has 0 bridgehead atoms. The summed E-state index contributed by atoms with van der Waals surface area (Å²) < 4.78 is 0. The van der Waals surface area contributed by atoms with Gasteiger partial charge < -0.3 is 0 Å². The summed E-state index contributed by atoms with van der Waals surface area (Å²) in [6.45, 7) is 8.08. The topological polar surface area (TPSA) is 0 Å².